The van der Waals surface area contributed by atoms with Crippen molar-refractivity contribution in [2.75, 3.05) is 25.5 Å². The Balaban J connectivity index is 1.66. The first-order chi connectivity index (χ1) is 13.3. The number of aromatic hydroxyl groups is 1. The summed E-state index contributed by atoms with van der Waals surface area (Å²) in [6, 6.07) is 9.04. The summed E-state index contributed by atoms with van der Waals surface area (Å²) in [5, 5.41) is 23.3. The summed E-state index contributed by atoms with van der Waals surface area (Å²) in [7, 11) is 2.10. The zero-order valence-corrected chi connectivity index (χ0v) is 15.7. The van der Waals surface area contributed by atoms with Crippen LogP contribution in [0.15, 0.2) is 36.4 Å². The first-order valence-electron chi connectivity index (χ1n) is 9.16. The second-order valence-electron chi connectivity index (χ2n) is 7.17. The molecule has 1 aliphatic heterocycles. The smallest absolute Gasteiger partial charge is 0.310 e. The Morgan fingerprint density at radius 3 is 2.68 bits per heavy atom. The lowest BCUT2D eigenvalue weighted by atomic mass is 10.0. The number of benzene rings is 2. The number of hydrogen-bond acceptors (Lipinski definition) is 6. The molecule has 148 valence electrons. The number of hydrogen-bond donors (Lipinski definition) is 3. The van der Waals surface area contributed by atoms with Gasteiger partial charge in [-0.15, -0.1) is 0 Å². The van der Waals surface area contributed by atoms with E-state index in [2.05, 4.69) is 17.3 Å². The Labute approximate surface area is 163 Å². The van der Waals surface area contributed by atoms with Crippen molar-refractivity contribution >= 4 is 17.3 Å². The normalized spacial score (nSPS) is 15.4. The maximum Gasteiger partial charge on any atom is 0.310 e. The van der Waals surface area contributed by atoms with Crippen LogP contribution in [0.5, 0.6) is 5.75 Å². The Morgan fingerprint density at radius 2 is 1.96 bits per heavy atom. The number of carbonyl (C=O) groups is 1. The van der Waals surface area contributed by atoms with Gasteiger partial charge < -0.3 is 21.1 Å². The van der Waals surface area contributed by atoms with Gasteiger partial charge in [-0.25, -0.2) is 0 Å². The Kier molecular flexibility index (Phi) is 5.91. The van der Waals surface area contributed by atoms with Crippen molar-refractivity contribution in [1.82, 2.24) is 4.90 Å². The highest BCUT2D eigenvalue weighted by atomic mass is 16.6. The Morgan fingerprint density at radius 1 is 1.25 bits per heavy atom. The van der Waals surface area contributed by atoms with E-state index in [1.54, 1.807) is 0 Å². The van der Waals surface area contributed by atoms with E-state index in [4.69, 9.17) is 5.73 Å². The van der Waals surface area contributed by atoms with Crippen molar-refractivity contribution in [2.24, 2.45) is 5.73 Å². The number of phenols is 1. The van der Waals surface area contributed by atoms with Crippen molar-refractivity contribution < 1.29 is 14.8 Å². The first kappa shape index (κ1) is 19.8. The molecular weight excluding hydrogens is 360 g/mol. The number of nitrogens with two attached hydrogens (primary N) is 1. The third-order valence-corrected chi connectivity index (χ3v) is 5.03. The maximum atomic E-state index is 12.5. The third kappa shape index (κ3) is 4.65. The summed E-state index contributed by atoms with van der Waals surface area (Å²) < 4.78 is 0. The number of likely N-dealkylation sites (N-methyl/N-ethyl adjacent to an activating group) is 1. The number of nitrogens with zero attached hydrogens (tertiary/aromatic N) is 2. The van der Waals surface area contributed by atoms with Gasteiger partial charge in [-0.2, -0.15) is 0 Å². The second kappa shape index (κ2) is 8.37. The van der Waals surface area contributed by atoms with Crippen LogP contribution in [0, 0.1) is 10.1 Å². The molecule has 3 rings (SSSR count). The van der Waals surface area contributed by atoms with Crippen LogP contribution < -0.4 is 11.1 Å². The van der Waals surface area contributed by atoms with Crippen LogP contribution in [0.3, 0.4) is 0 Å². The van der Waals surface area contributed by atoms with Gasteiger partial charge in [-0.1, -0.05) is 12.1 Å². The Hall–Kier alpha value is -2.97. The van der Waals surface area contributed by atoms with E-state index in [1.807, 2.05) is 18.2 Å². The van der Waals surface area contributed by atoms with Gasteiger partial charge in [-0.3, -0.25) is 14.9 Å². The van der Waals surface area contributed by atoms with Crippen LogP contribution in [-0.4, -0.2) is 47.0 Å². The minimum absolute atomic E-state index is 0.128. The van der Waals surface area contributed by atoms with Crippen molar-refractivity contribution in [3.05, 3.63) is 63.2 Å². The Bertz CT molecular complexity index is 900. The largest absolute Gasteiger partial charge is 0.502 e. The molecule has 0 saturated heterocycles. The van der Waals surface area contributed by atoms with E-state index in [1.165, 1.54) is 29.3 Å². The molecule has 2 aromatic carbocycles. The quantitative estimate of drug-likeness (QED) is 0.534. The van der Waals surface area contributed by atoms with Crippen LogP contribution in [0.2, 0.25) is 0 Å². The van der Waals surface area contributed by atoms with Gasteiger partial charge in [0, 0.05) is 24.8 Å². The molecule has 8 nitrogen and oxygen atoms in total. The molecule has 1 amide bonds. The van der Waals surface area contributed by atoms with E-state index in [0.29, 0.717) is 11.3 Å². The summed E-state index contributed by atoms with van der Waals surface area (Å²) in [5.41, 5.74) is 9.32. The molecule has 0 aliphatic carbocycles. The number of fused-ring (bicyclic) bond motifs is 1. The van der Waals surface area contributed by atoms with E-state index in [9.17, 15) is 20.0 Å². The number of anilines is 1. The molecule has 0 bridgehead atoms. The van der Waals surface area contributed by atoms with Gasteiger partial charge in [0.1, 0.15) is 0 Å². The predicted octanol–water partition coefficient (Wildman–Crippen LogP) is 1.84. The van der Waals surface area contributed by atoms with Crippen LogP contribution in [0.1, 0.15) is 16.7 Å². The summed E-state index contributed by atoms with van der Waals surface area (Å²) in [6.07, 6.45) is 2.04. The average molecular weight is 384 g/mol. The molecule has 4 N–H and O–H groups in total. The van der Waals surface area contributed by atoms with Gasteiger partial charge in [-0.05, 0) is 61.2 Å². The van der Waals surface area contributed by atoms with E-state index in [-0.39, 0.29) is 12.3 Å². The molecule has 0 radical (unpaired) electrons. The molecule has 1 heterocycles. The van der Waals surface area contributed by atoms with Gasteiger partial charge in [0.25, 0.3) is 0 Å². The number of nitro groups is 1. The fourth-order valence-electron chi connectivity index (χ4n) is 3.34. The number of rotatable bonds is 5. The van der Waals surface area contributed by atoms with E-state index in [0.717, 1.165) is 25.9 Å². The summed E-state index contributed by atoms with van der Waals surface area (Å²) >= 11 is 0. The number of amides is 1. The van der Waals surface area contributed by atoms with Crippen LogP contribution in [0.4, 0.5) is 11.4 Å². The molecule has 2 aromatic rings. The first-order valence-corrected chi connectivity index (χ1v) is 9.16. The predicted molar refractivity (Wildman–Crippen MR) is 106 cm³/mol. The van der Waals surface area contributed by atoms with Gasteiger partial charge in [0.05, 0.1) is 11.0 Å². The van der Waals surface area contributed by atoms with Crippen molar-refractivity contribution in [3.63, 3.8) is 0 Å². The highest BCUT2D eigenvalue weighted by Crippen LogP contribution is 2.27. The van der Waals surface area contributed by atoms with Crippen molar-refractivity contribution in [1.29, 1.82) is 0 Å². The molecule has 8 heteroatoms. The summed E-state index contributed by atoms with van der Waals surface area (Å²) in [5.74, 6) is -0.774. The highest BCUT2D eigenvalue weighted by molar-refractivity contribution is 5.95. The minimum atomic E-state index is -0.867. The monoisotopic (exact) mass is 384 g/mol. The van der Waals surface area contributed by atoms with Crippen LogP contribution in [0.25, 0.3) is 0 Å². The standard InChI is InChI=1S/C20H24N4O4/c1-23-8-6-14-3-4-16(12-15(14)7-9-23)22-20(26)17(21)10-13-2-5-19(25)18(11-13)24(27)28/h2-5,11-12,17,25H,6-10,21H2,1H3,(H,22,26). The zero-order chi connectivity index (χ0) is 20.3. The minimum Gasteiger partial charge on any atom is -0.502 e. The van der Waals surface area contributed by atoms with Crippen molar-refractivity contribution in [3.8, 4) is 5.75 Å². The second-order valence-corrected chi connectivity index (χ2v) is 7.17. The lowest BCUT2D eigenvalue weighted by Gasteiger charge is -2.14. The van der Waals surface area contributed by atoms with Gasteiger partial charge in [0.15, 0.2) is 5.75 Å². The molecule has 0 aromatic heterocycles. The molecule has 1 atom stereocenters. The van der Waals surface area contributed by atoms with Crippen molar-refractivity contribution in [2.45, 2.75) is 25.3 Å². The summed E-state index contributed by atoms with van der Waals surface area (Å²) in [4.78, 5) is 25.0. The lowest BCUT2D eigenvalue weighted by molar-refractivity contribution is -0.385. The molecule has 1 unspecified atom stereocenters. The average Bonchev–Trinajstić information content (AvgIpc) is 2.84. The number of nitrogens with one attached hydrogen (secondary N) is 1. The highest BCUT2D eigenvalue weighted by Gasteiger charge is 2.19. The van der Waals surface area contributed by atoms with E-state index < -0.39 is 22.4 Å². The number of nitro benzene ring substituents is 1. The molecule has 0 spiro atoms. The number of phenolic OH excluding ortho intramolecular Hbond substituents is 1. The van der Waals surface area contributed by atoms with Gasteiger partial charge >= 0.3 is 5.69 Å². The molecule has 1 aliphatic rings. The van der Waals surface area contributed by atoms with Gasteiger partial charge in [0.2, 0.25) is 5.91 Å². The fourth-order valence-corrected chi connectivity index (χ4v) is 3.34. The SMILES string of the molecule is CN1CCc2ccc(NC(=O)C(N)Cc3ccc(O)c([N+](=O)[O-])c3)cc2CC1. The third-order valence-electron chi connectivity index (χ3n) is 5.03. The lowest BCUT2D eigenvalue weighted by Crippen LogP contribution is -2.37. The molecule has 28 heavy (non-hydrogen) atoms. The number of carbonyl (C=O) groups excluding carboxylic acids is 1. The maximum absolute atomic E-state index is 12.5. The molecule has 0 saturated carbocycles. The zero-order valence-electron chi connectivity index (χ0n) is 15.7. The molecular formula is C20H24N4O4. The fraction of sp³-hybridized carbons (Fsp3) is 0.350. The van der Waals surface area contributed by atoms with Crippen LogP contribution >= 0.6 is 0 Å². The summed E-state index contributed by atoms with van der Waals surface area (Å²) in [6.45, 7) is 1.99. The van der Waals surface area contributed by atoms with Crippen LogP contribution in [-0.2, 0) is 24.1 Å². The van der Waals surface area contributed by atoms with E-state index >= 15 is 0 Å². The topological polar surface area (TPSA) is 122 Å². The molecule has 0 fully saturated rings.